The molecule has 0 radical (unpaired) electrons. The number of aliphatic hydroxyl groups excluding tert-OH is 1. The number of fused-ring (bicyclic) bond motifs is 9. The zero-order valence-corrected chi connectivity index (χ0v) is 32.9. The molecule has 4 heterocycles. The first-order valence-corrected chi connectivity index (χ1v) is 22.9. The molecule has 4 aromatic carbocycles. The van der Waals surface area contributed by atoms with E-state index in [1.54, 1.807) is 0 Å². The summed E-state index contributed by atoms with van der Waals surface area (Å²) in [5.41, 5.74) is 13.2. The van der Waals surface area contributed by atoms with Gasteiger partial charge in [0.15, 0.2) is 0 Å². The molecular formula is C51H54N4O2. The molecule has 13 atom stereocenters. The van der Waals surface area contributed by atoms with Crippen molar-refractivity contribution in [1.29, 1.82) is 0 Å². The van der Waals surface area contributed by atoms with Crippen LogP contribution in [0.3, 0.4) is 0 Å². The second-order valence-electron chi connectivity index (χ2n) is 19.8. The van der Waals surface area contributed by atoms with Gasteiger partial charge in [0.25, 0.3) is 0 Å². The summed E-state index contributed by atoms with van der Waals surface area (Å²) in [6, 6.07) is 35.1. The maximum absolute atomic E-state index is 15.4. The summed E-state index contributed by atoms with van der Waals surface area (Å²) in [4.78, 5) is 27.2. The molecule has 4 aromatic rings. The monoisotopic (exact) mass is 754 g/mol. The Morgan fingerprint density at radius 2 is 1.09 bits per heavy atom. The summed E-state index contributed by atoms with van der Waals surface area (Å²) in [6.07, 6.45) is 14.9. The van der Waals surface area contributed by atoms with Crippen molar-refractivity contribution in [3.8, 4) is 22.3 Å². The van der Waals surface area contributed by atoms with Crippen molar-refractivity contribution in [2.75, 3.05) is 9.80 Å². The number of amides is 1. The van der Waals surface area contributed by atoms with Crippen LogP contribution in [0.1, 0.15) is 105 Å². The molecule has 4 saturated carbocycles. The summed E-state index contributed by atoms with van der Waals surface area (Å²) < 4.78 is 0. The van der Waals surface area contributed by atoms with E-state index in [1.165, 1.54) is 109 Å². The predicted octanol–water partition coefficient (Wildman–Crippen LogP) is 8.72. The highest BCUT2D eigenvalue weighted by molar-refractivity contribution is 5.90. The molecule has 10 aliphatic rings. The Morgan fingerprint density at radius 3 is 1.88 bits per heavy atom. The zero-order valence-electron chi connectivity index (χ0n) is 32.9. The van der Waals surface area contributed by atoms with Gasteiger partial charge in [-0.3, -0.25) is 9.69 Å². The minimum atomic E-state index is -0.589. The molecular weight excluding hydrogens is 701 g/mol. The van der Waals surface area contributed by atoms with E-state index in [0.717, 1.165) is 30.4 Å². The highest BCUT2D eigenvalue weighted by Gasteiger charge is 2.71. The normalized spacial score (nSPS) is 38.8. The van der Waals surface area contributed by atoms with Crippen molar-refractivity contribution in [3.05, 3.63) is 107 Å². The molecule has 13 unspecified atom stereocenters. The van der Waals surface area contributed by atoms with Crippen LogP contribution in [0, 0.1) is 17.8 Å². The first-order chi connectivity index (χ1) is 28.2. The summed E-state index contributed by atoms with van der Waals surface area (Å²) in [6.45, 7) is 0. The van der Waals surface area contributed by atoms with Gasteiger partial charge in [0.05, 0.1) is 24.2 Å². The van der Waals surface area contributed by atoms with Gasteiger partial charge in [-0.2, -0.15) is 0 Å². The van der Waals surface area contributed by atoms with Gasteiger partial charge < -0.3 is 19.8 Å². The van der Waals surface area contributed by atoms with Gasteiger partial charge in [-0.15, -0.1) is 0 Å². The highest BCUT2D eigenvalue weighted by Crippen LogP contribution is 2.61. The summed E-state index contributed by atoms with van der Waals surface area (Å²) in [7, 11) is 0. The van der Waals surface area contributed by atoms with Gasteiger partial charge in [-0.25, -0.2) is 0 Å². The summed E-state index contributed by atoms with van der Waals surface area (Å²) >= 11 is 0. The Balaban J connectivity index is 1.00. The lowest BCUT2D eigenvalue weighted by Crippen LogP contribution is -2.91. The number of carbonyl (C=O) groups excluding carboxylic acids is 1. The Labute approximate surface area is 336 Å². The van der Waals surface area contributed by atoms with Crippen molar-refractivity contribution < 1.29 is 9.90 Å². The smallest absolute Gasteiger partial charge is 0.226 e. The number of benzene rings is 4. The number of hydrogen-bond acceptors (Lipinski definition) is 5. The van der Waals surface area contributed by atoms with Crippen LogP contribution in [0.5, 0.6) is 0 Å². The molecule has 0 aromatic heterocycles. The largest absolute Gasteiger partial charge is 0.384 e. The number of anilines is 2. The van der Waals surface area contributed by atoms with Crippen LogP contribution in [0.25, 0.3) is 22.3 Å². The van der Waals surface area contributed by atoms with E-state index >= 15 is 4.79 Å². The Morgan fingerprint density at radius 1 is 0.474 bits per heavy atom. The first-order valence-electron chi connectivity index (χ1n) is 22.9. The zero-order chi connectivity index (χ0) is 37.3. The van der Waals surface area contributed by atoms with E-state index in [0.29, 0.717) is 66.1 Å². The molecule has 1 N–H and O–H groups in total. The third-order valence-electron chi connectivity index (χ3n) is 17.9. The van der Waals surface area contributed by atoms with E-state index in [9.17, 15) is 5.11 Å². The minimum Gasteiger partial charge on any atom is -0.384 e. The van der Waals surface area contributed by atoms with E-state index in [4.69, 9.17) is 0 Å². The fourth-order valence-electron chi connectivity index (χ4n) is 16.3. The lowest BCUT2D eigenvalue weighted by Gasteiger charge is -2.77. The number of piperidine rings is 1. The van der Waals surface area contributed by atoms with Gasteiger partial charge in [-0.05, 0) is 128 Å². The third kappa shape index (κ3) is 4.08. The quantitative estimate of drug-likeness (QED) is 0.196. The predicted molar refractivity (Wildman–Crippen MR) is 224 cm³/mol. The van der Waals surface area contributed by atoms with Crippen LogP contribution in [-0.4, -0.2) is 75.2 Å². The minimum absolute atomic E-state index is 0.224. The lowest BCUT2D eigenvalue weighted by atomic mass is 9.56. The number of aliphatic hydroxyl groups is 1. The molecule has 8 fully saturated rings. The SMILES string of the molecule is O=C1C2CCCCC2C2CCC3C4C2N1C1CCCC2C1N4C1C(CCCC1N3c1cccc3c1-c1ccccc1C3)N2c1cccc2c1-c1ccccc1C2O. The molecule has 0 bridgehead atoms. The van der Waals surface area contributed by atoms with Gasteiger partial charge in [-0.1, -0.05) is 85.6 Å². The Bertz CT molecular complexity index is 2360. The van der Waals surface area contributed by atoms with E-state index < -0.39 is 6.10 Å². The maximum Gasteiger partial charge on any atom is 0.226 e. The van der Waals surface area contributed by atoms with E-state index in [-0.39, 0.29) is 12.0 Å². The van der Waals surface area contributed by atoms with Crippen LogP contribution in [0.2, 0.25) is 0 Å². The average molecular weight is 755 g/mol. The topological polar surface area (TPSA) is 50.3 Å². The highest BCUT2D eigenvalue weighted by atomic mass is 16.3. The molecule has 14 rings (SSSR count). The summed E-state index contributed by atoms with van der Waals surface area (Å²) in [5.74, 6) is 1.93. The van der Waals surface area contributed by atoms with Crippen LogP contribution >= 0.6 is 0 Å². The number of carbonyl (C=O) groups is 1. The standard InChI is InChI=1S/C51H54N4O2/c56-50-34-16-5-4-15-32(34)45-36(50)18-8-20-38(45)53-40-22-9-21-39-47(40)55-48-41(53)23-10-24-42(48)54-46-33(31-14-3-6-17-35(31)51(54)57)25-26-43(49(46)55)52(39)37-19-7-12-29-27-28-11-1-2-13-30(28)44(29)37/h1-2,4-5,7-8,11-13,15-16,18-20,31,33,35,39-43,46-50,56H,3,6,9-10,14,17,21-27H2. The molecule has 6 aliphatic carbocycles. The molecule has 4 saturated heterocycles. The van der Waals surface area contributed by atoms with Crippen molar-refractivity contribution in [3.63, 3.8) is 0 Å². The molecule has 6 heteroatoms. The van der Waals surface area contributed by atoms with Crippen molar-refractivity contribution >= 4 is 17.3 Å². The van der Waals surface area contributed by atoms with Gasteiger partial charge in [0, 0.05) is 58.6 Å². The van der Waals surface area contributed by atoms with Crippen LogP contribution in [0.15, 0.2) is 84.9 Å². The van der Waals surface area contributed by atoms with Gasteiger partial charge >= 0.3 is 0 Å². The van der Waals surface area contributed by atoms with Crippen molar-refractivity contribution in [2.45, 2.75) is 144 Å². The van der Waals surface area contributed by atoms with Gasteiger partial charge in [0.1, 0.15) is 6.10 Å². The van der Waals surface area contributed by atoms with Gasteiger partial charge in [0.2, 0.25) is 5.91 Å². The second kappa shape index (κ2) is 11.8. The molecule has 1 amide bonds. The fourth-order valence-corrected chi connectivity index (χ4v) is 16.3. The third-order valence-corrected chi connectivity index (χ3v) is 17.9. The number of piperazine rings is 3. The number of nitrogens with zero attached hydrogens (tertiary/aromatic N) is 4. The van der Waals surface area contributed by atoms with Crippen LogP contribution in [0.4, 0.5) is 11.4 Å². The molecule has 57 heavy (non-hydrogen) atoms. The molecule has 290 valence electrons. The summed E-state index contributed by atoms with van der Waals surface area (Å²) in [5, 5.41) is 11.8. The number of rotatable bonds is 2. The van der Waals surface area contributed by atoms with Crippen LogP contribution in [-0.2, 0) is 11.2 Å². The average Bonchev–Trinajstić information content (AvgIpc) is 3.79. The molecule has 6 nitrogen and oxygen atoms in total. The van der Waals surface area contributed by atoms with Crippen molar-refractivity contribution in [1.82, 2.24) is 9.80 Å². The lowest BCUT2D eigenvalue weighted by molar-refractivity contribution is -0.211. The second-order valence-corrected chi connectivity index (χ2v) is 19.8. The van der Waals surface area contributed by atoms with E-state index in [1.807, 2.05) is 0 Å². The first kappa shape index (κ1) is 32.8. The Hall–Kier alpha value is -4.13. The maximum atomic E-state index is 15.4. The molecule has 0 spiro atoms. The Kier molecular flexibility index (Phi) is 6.76. The van der Waals surface area contributed by atoms with Crippen LogP contribution < -0.4 is 9.80 Å². The number of hydrogen-bond donors (Lipinski definition) is 1. The van der Waals surface area contributed by atoms with E-state index in [2.05, 4.69) is 105 Å². The molecule has 4 aliphatic heterocycles. The van der Waals surface area contributed by atoms with Crippen molar-refractivity contribution in [2.24, 2.45) is 17.8 Å². The fraction of sp³-hybridized carbons (Fsp3) is 0.510.